The highest BCUT2D eigenvalue weighted by molar-refractivity contribution is 6.10. The van der Waals surface area contributed by atoms with E-state index in [1.807, 2.05) is 30.3 Å². The first-order valence-electron chi connectivity index (χ1n) is 17.2. The minimum Gasteiger partial charge on any atom is -0.393 e. The first-order chi connectivity index (χ1) is 22.9. The van der Waals surface area contributed by atoms with E-state index in [1.165, 1.54) is 17.7 Å². The van der Waals surface area contributed by atoms with E-state index in [2.05, 4.69) is 34.7 Å². The SMILES string of the molecule is CC1=CCC[C@@]2(C)[C@@H](CC[C@@]2(O)CN2CCN(c3ccccn3)CC2)c2ccc(cc2C(=O)c2cccc(C(F)(F)F)c2)C[C@@H](O)CC1. The van der Waals surface area contributed by atoms with Gasteiger partial charge in [-0.25, -0.2) is 4.98 Å². The summed E-state index contributed by atoms with van der Waals surface area (Å²) < 4.78 is 41.0. The van der Waals surface area contributed by atoms with Gasteiger partial charge in [0.25, 0.3) is 0 Å². The molecular formula is C39H46F3N3O3. The molecule has 9 heteroatoms. The Bertz CT molecular complexity index is 1640. The number of piperazine rings is 1. The van der Waals surface area contributed by atoms with Crippen molar-refractivity contribution in [1.82, 2.24) is 9.88 Å². The van der Waals surface area contributed by atoms with Crippen molar-refractivity contribution in [3.8, 4) is 0 Å². The van der Waals surface area contributed by atoms with Crippen LogP contribution >= 0.6 is 0 Å². The Morgan fingerprint density at radius 2 is 1.79 bits per heavy atom. The van der Waals surface area contributed by atoms with Gasteiger partial charge in [-0.05, 0) is 99.2 Å². The average Bonchev–Trinajstić information content (AvgIpc) is 3.32. The summed E-state index contributed by atoms with van der Waals surface area (Å²) in [6.07, 6.45) is 3.08. The molecule has 256 valence electrons. The summed E-state index contributed by atoms with van der Waals surface area (Å²) in [4.78, 5) is 23.3. The topological polar surface area (TPSA) is 76.9 Å². The van der Waals surface area contributed by atoms with Gasteiger partial charge in [-0.15, -0.1) is 0 Å². The lowest BCUT2D eigenvalue weighted by Gasteiger charge is -2.47. The number of ketones is 1. The van der Waals surface area contributed by atoms with Crippen LogP contribution in [0.1, 0.15) is 90.9 Å². The number of allylic oxidation sites excluding steroid dienone is 2. The fourth-order valence-corrected chi connectivity index (χ4v) is 8.23. The standard InChI is InChI=1S/C39H46F3N3O3/c1-27-7-6-16-37(2)34(15-17-38(37,48)26-44-19-21-45(22-20-44)35-10-3-4-18-43-35)32-14-12-28(23-31(46)13-11-27)24-33(32)36(47)29-8-5-9-30(25-29)39(40,41)42/h3-5,7-10,12,14,18,24-25,31,34,46,48H,6,11,13,15-17,19-23,26H2,1-2H3/t31-,34-,37-,38+/m0/s1. The largest absolute Gasteiger partial charge is 0.416 e. The third-order valence-electron chi connectivity index (χ3n) is 11.2. The number of pyridine rings is 1. The third-order valence-corrected chi connectivity index (χ3v) is 11.2. The molecule has 2 bridgehead atoms. The molecule has 2 fully saturated rings. The van der Waals surface area contributed by atoms with Gasteiger partial charge in [-0.3, -0.25) is 9.69 Å². The molecule has 3 aliphatic carbocycles. The summed E-state index contributed by atoms with van der Waals surface area (Å²) in [5, 5.41) is 23.5. The maximum absolute atomic E-state index is 14.2. The molecule has 0 radical (unpaired) electrons. The van der Waals surface area contributed by atoms with Gasteiger partial charge in [0, 0.05) is 55.5 Å². The molecule has 1 saturated carbocycles. The van der Waals surface area contributed by atoms with Crippen molar-refractivity contribution in [2.45, 2.75) is 82.6 Å². The number of anilines is 1. The van der Waals surface area contributed by atoms with Gasteiger partial charge in [-0.2, -0.15) is 13.2 Å². The first-order valence-corrected chi connectivity index (χ1v) is 17.2. The molecule has 4 atom stereocenters. The Kier molecular flexibility index (Phi) is 9.85. The number of β-amino-alcohol motifs (C(OH)–C–C–N with tert-alkyl or cyclic N) is 1. The van der Waals surface area contributed by atoms with Crippen molar-refractivity contribution >= 4 is 11.6 Å². The van der Waals surface area contributed by atoms with Crippen LogP contribution in [0.25, 0.3) is 0 Å². The van der Waals surface area contributed by atoms with Gasteiger partial charge >= 0.3 is 6.18 Å². The molecule has 1 saturated heterocycles. The Morgan fingerprint density at radius 1 is 1.00 bits per heavy atom. The molecule has 1 aliphatic heterocycles. The molecule has 2 aromatic carbocycles. The molecule has 0 amide bonds. The van der Waals surface area contributed by atoms with Crippen molar-refractivity contribution < 1.29 is 28.2 Å². The van der Waals surface area contributed by atoms with Crippen molar-refractivity contribution in [2.75, 3.05) is 37.6 Å². The number of fused-ring (bicyclic) bond motifs is 8. The second-order valence-corrected chi connectivity index (χ2v) is 14.3. The number of aliphatic hydroxyl groups is 2. The molecule has 2 heterocycles. The first kappa shape index (κ1) is 34.3. The van der Waals surface area contributed by atoms with E-state index in [0.29, 0.717) is 44.2 Å². The molecule has 1 aromatic heterocycles. The van der Waals surface area contributed by atoms with Crippen molar-refractivity contribution in [3.63, 3.8) is 0 Å². The zero-order valence-electron chi connectivity index (χ0n) is 27.8. The van der Waals surface area contributed by atoms with Gasteiger partial charge in [0.2, 0.25) is 0 Å². The van der Waals surface area contributed by atoms with Crippen molar-refractivity contribution in [1.29, 1.82) is 0 Å². The number of hydrogen-bond donors (Lipinski definition) is 2. The smallest absolute Gasteiger partial charge is 0.393 e. The summed E-state index contributed by atoms with van der Waals surface area (Å²) >= 11 is 0. The number of carbonyl (C=O) groups excluding carboxylic acids is 1. The zero-order chi connectivity index (χ0) is 34.1. The fraction of sp³-hybridized carbons (Fsp3) is 0.487. The van der Waals surface area contributed by atoms with E-state index in [4.69, 9.17) is 0 Å². The summed E-state index contributed by atoms with van der Waals surface area (Å²) in [5.41, 5.74) is 0.524. The highest BCUT2D eigenvalue weighted by atomic mass is 19.4. The van der Waals surface area contributed by atoms with Gasteiger partial charge in [-0.1, -0.05) is 48.9 Å². The third kappa shape index (κ3) is 7.09. The molecule has 6 nitrogen and oxygen atoms in total. The van der Waals surface area contributed by atoms with Gasteiger partial charge in [0.15, 0.2) is 5.78 Å². The number of rotatable bonds is 5. The van der Waals surface area contributed by atoms with Crippen LogP contribution in [-0.2, 0) is 12.6 Å². The minimum atomic E-state index is -4.58. The van der Waals surface area contributed by atoms with Crippen LogP contribution < -0.4 is 4.90 Å². The van der Waals surface area contributed by atoms with E-state index in [-0.39, 0.29) is 11.5 Å². The van der Waals surface area contributed by atoms with Crippen LogP contribution in [0.15, 0.2) is 78.5 Å². The normalized spacial score (nSPS) is 27.3. The maximum Gasteiger partial charge on any atom is 0.416 e. The van der Waals surface area contributed by atoms with Crippen LogP contribution in [-0.4, -0.2) is 70.3 Å². The Balaban J connectivity index is 1.35. The van der Waals surface area contributed by atoms with Gasteiger partial charge < -0.3 is 15.1 Å². The number of halogens is 3. The van der Waals surface area contributed by atoms with E-state index in [9.17, 15) is 28.2 Å². The van der Waals surface area contributed by atoms with Crippen LogP contribution in [0.4, 0.5) is 19.0 Å². The molecule has 2 N–H and O–H groups in total. The van der Waals surface area contributed by atoms with Gasteiger partial charge in [0.1, 0.15) is 5.82 Å². The van der Waals surface area contributed by atoms with E-state index < -0.39 is 34.6 Å². The molecule has 3 aromatic rings. The number of benzene rings is 2. The summed E-state index contributed by atoms with van der Waals surface area (Å²) in [6.45, 7) is 7.90. The predicted octanol–water partition coefficient (Wildman–Crippen LogP) is 7.19. The number of nitrogens with zero attached hydrogens (tertiary/aromatic N) is 3. The maximum atomic E-state index is 14.2. The second-order valence-electron chi connectivity index (χ2n) is 14.3. The summed E-state index contributed by atoms with van der Waals surface area (Å²) in [5.74, 6) is 0.280. The zero-order valence-corrected chi connectivity index (χ0v) is 27.8. The second kappa shape index (κ2) is 13.8. The lowest BCUT2D eigenvalue weighted by Crippen LogP contribution is -2.56. The summed E-state index contributed by atoms with van der Waals surface area (Å²) in [6, 6.07) is 16.1. The number of alkyl halides is 3. The van der Waals surface area contributed by atoms with E-state index >= 15 is 0 Å². The van der Waals surface area contributed by atoms with Crippen LogP contribution in [0.2, 0.25) is 0 Å². The number of aromatic nitrogens is 1. The highest BCUT2D eigenvalue weighted by Crippen LogP contribution is 2.59. The van der Waals surface area contributed by atoms with Crippen molar-refractivity contribution in [3.05, 3.63) is 106 Å². The number of aliphatic hydroxyl groups excluding tert-OH is 1. The fourth-order valence-electron chi connectivity index (χ4n) is 8.23. The van der Waals surface area contributed by atoms with Crippen LogP contribution in [0.5, 0.6) is 0 Å². The molecule has 48 heavy (non-hydrogen) atoms. The Morgan fingerprint density at radius 3 is 2.52 bits per heavy atom. The lowest BCUT2D eigenvalue weighted by atomic mass is 9.64. The molecule has 0 spiro atoms. The monoisotopic (exact) mass is 661 g/mol. The number of carbonyl (C=O) groups is 1. The van der Waals surface area contributed by atoms with Gasteiger partial charge in [0.05, 0.1) is 17.3 Å². The molecular weight excluding hydrogens is 615 g/mol. The molecule has 7 rings (SSSR count). The Labute approximate surface area is 281 Å². The number of hydrogen-bond acceptors (Lipinski definition) is 6. The van der Waals surface area contributed by atoms with E-state index in [1.54, 1.807) is 12.3 Å². The van der Waals surface area contributed by atoms with Crippen molar-refractivity contribution in [2.24, 2.45) is 5.41 Å². The quantitative estimate of drug-likeness (QED) is 0.223. The minimum absolute atomic E-state index is 0.0239. The highest BCUT2D eigenvalue weighted by Gasteiger charge is 2.57. The molecule has 4 aliphatic rings. The predicted molar refractivity (Wildman–Crippen MR) is 181 cm³/mol. The average molecular weight is 662 g/mol. The van der Waals surface area contributed by atoms with Crippen LogP contribution in [0, 0.1) is 5.41 Å². The van der Waals surface area contributed by atoms with Crippen LogP contribution in [0.3, 0.4) is 0 Å². The molecule has 0 unspecified atom stereocenters. The van der Waals surface area contributed by atoms with E-state index in [0.717, 1.165) is 68.1 Å². The summed E-state index contributed by atoms with van der Waals surface area (Å²) in [7, 11) is 0. The lowest BCUT2D eigenvalue weighted by molar-refractivity contribution is -0.137. The Hall–Kier alpha value is -3.53.